The highest BCUT2D eigenvalue weighted by Crippen LogP contribution is 2.23. The summed E-state index contributed by atoms with van der Waals surface area (Å²) in [6, 6.07) is 6.46. The van der Waals surface area contributed by atoms with Crippen LogP contribution in [0.1, 0.15) is 18.6 Å². The Labute approximate surface area is 169 Å². The van der Waals surface area contributed by atoms with Crippen molar-refractivity contribution in [2.75, 3.05) is 32.5 Å². The summed E-state index contributed by atoms with van der Waals surface area (Å²) in [5.74, 6) is 0.762. The molecule has 1 fully saturated rings. The van der Waals surface area contributed by atoms with Gasteiger partial charge in [0.2, 0.25) is 11.0 Å². The lowest BCUT2D eigenvalue weighted by molar-refractivity contribution is -0.121. The molecule has 1 N–H and O–H groups in total. The van der Waals surface area contributed by atoms with Gasteiger partial charge in [0.1, 0.15) is 11.6 Å². The maximum atomic E-state index is 12.5. The second kappa shape index (κ2) is 8.60. The predicted molar refractivity (Wildman–Crippen MR) is 105 cm³/mol. The van der Waals surface area contributed by atoms with Gasteiger partial charge < -0.3 is 9.73 Å². The molecule has 1 aliphatic heterocycles. The lowest BCUT2D eigenvalue weighted by atomic mass is 9.97. The molecule has 2 aromatic rings. The number of halogens is 1. The fraction of sp³-hybridized carbons (Fsp3) is 0.444. The van der Waals surface area contributed by atoms with E-state index in [0.29, 0.717) is 29.7 Å². The summed E-state index contributed by atoms with van der Waals surface area (Å²) < 4.78 is 30.9. The van der Waals surface area contributed by atoms with E-state index in [0.717, 1.165) is 23.7 Å². The third-order valence-corrected chi connectivity index (χ3v) is 6.52. The number of amides is 1. The van der Waals surface area contributed by atoms with E-state index in [-0.39, 0.29) is 16.9 Å². The second-order valence-electron chi connectivity index (χ2n) is 6.93. The van der Waals surface area contributed by atoms with E-state index in [1.54, 1.807) is 18.2 Å². The molecule has 152 valence electrons. The van der Waals surface area contributed by atoms with Gasteiger partial charge in [-0.3, -0.25) is 9.69 Å². The molecule has 1 amide bonds. The SMILES string of the molecule is CN(C)S(=O)(=O)c1ccc(CN2CCCC(C(=O)Nc3ccc(Cl)cn3)C2)o1. The minimum Gasteiger partial charge on any atom is -0.447 e. The van der Waals surface area contributed by atoms with Gasteiger partial charge in [-0.1, -0.05) is 11.6 Å². The fourth-order valence-electron chi connectivity index (χ4n) is 3.07. The fourth-order valence-corrected chi connectivity index (χ4v) is 4.00. The standard InChI is InChI=1S/C18H23ClN4O4S/c1-22(2)28(25,26)17-8-6-15(27-17)12-23-9-3-4-13(11-23)18(24)21-16-7-5-14(19)10-20-16/h5-8,10,13H,3-4,9,11-12H2,1-2H3,(H,20,21,24). The molecule has 0 radical (unpaired) electrons. The van der Waals surface area contributed by atoms with Crippen LogP contribution in [-0.4, -0.2) is 55.7 Å². The summed E-state index contributed by atoms with van der Waals surface area (Å²) in [6.07, 6.45) is 3.14. The number of nitrogens with zero attached hydrogens (tertiary/aromatic N) is 3. The number of carbonyl (C=O) groups excluding carboxylic acids is 1. The van der Waals surface area contributed by atoms with Gasteiger partial charge in [-0.05, 0) is 43.7 Å². The largest absolute Gasteiger partial charge is 0.447 e. The highest BCUT2D eigenvalue weighted by molar-refractivity contribution is 7.88. The minimum atomic E-state index is -3.59. The topological polar surface area (TPSA) is 95.8 Å². The Kier molecular flexibility index (Phi) is 6.39. The molecule has 2 aromatic heterocycles. The molecule has 10 heteroatoms. The number of carbonyl (C=O) groups is 1. The van der Waals surface area contributed by atoms with Gasteiger partial charge in [0.25, 0.3) is 10.0 Å². The zero-order valence-electron chi connectivity index (χ0n) is 15.8. The van der Waals surface area contributed by atoms with Crippen LogP contribution in [0.2, 0.25) is 5.02 Å². The molecule has 0 aliphatic carbocycles. The van der Waals surface area contributed by atoms with E-state index in [2.05, 4.69) is 15.2 Å². The Morgan fingerprint density at radius 3 is 2.82 bits per heavy atom. The van der Waals surface area contributed by atoms with Crippen molar-refractivity contribution >= 4 is 33.3 Å². The van der Waals surface area contributed by atoms with Crippen molar-refractivity contribution in [2.24, 2.45) is 5.92 Å². The number of piperidine rings is 1. The van der Waals surface area contributed by atoms with E-state index in [9.17, 15) is 13.2 Å². The Balaban J connectivity index is 1.60. The first-order valence-electron chi connectivity index (χ1n) is 8.92. The number of rotatable bonds is 6. The molecule has 3 heterocycles. The summed E-state index contributed by atoms with van der Waals surface area (Å²) in [6.45, 7) is 1.83. The molecule has 8 nitrogen and oxygen atoms in total. The Morgan fingerprint density at radius 2 is 2.14 bits per heavy atom. The van der Waals surface area contributed by atoms with E-state index in [1.807, 2.05) is 0 Å². The van der Waals surface area contributed by atoms with Gasteiger partial charge in [-0.25, -0.2) is 17.7 Å². The molecule has 1 saturated heterocycles. The lowest BCUT2D eigenvalue weighted by Crippen LogP contribution is -2.40. The number of aromatic nitrogens is 1. The van der Waals surface area contributed by atoms with E-state index in [4.69, 9.17) is 16.0 Å². The second-order valence-corrected chi connectivity index (χ2v) is 9.45. The summed E-state index contributed by atoms with van der Waals surface area (Å²) in [5.41, 5.74) is 0. The number of nitrogens with one attached hydrogen (secondary N) is 1. The maximum Gasteiger partial charge on any atom is 0.275 e. The minimum absolute atomic E-state index is 0.0763. The van der Waals surface area contributed by atoms with Crippen LogP contribution in [0.4, 0.5) is 5.82 Å². The van der Waals surface area contributed by atoms with Crippen LogP contribution >= 0.6 is 11.6 Å². The highest BCUT2D eigenvalue weighted by Gasteiger charge is 2.27. The zero-order chi connectivity index (χ0) is 20.3. The lowest BCUT2D eigenvalue weighted by Gasteiger charge is -2.31. The van der Waals surface area contributed by atoms with Crippen LogP contribution in [0.25, 0.3) is 0 Å². The highest BCUT2D eigenvalue weighted by atomic mass is 35.5. The van der Waals surface area contributed by atoms with E-state index < -0.39 is 10.0 Å². The average molecular weight is 427 g/mol. The number of likely N-dealkylation sites (tertiary alicyclic amines) is 1. The van der Waals surface area contributed by atoms with Crippen molar-refractivity contribution in [1.29, 1.82) is 0 Å². The van der Waals surface area contributed by atoms with Crippen LogP contribution in [0.5, 0.6) is 0 Å². The third-order valence-electron chi connectivity index (χ3n) is 4.61. The number of sulfonamides is 1. The van der Waals surface area contributed by atoms with Crippen molar-refractivity contribution in [3.63, 3.8) is 0 Å². The van der Waals surface area contributed by atoms with Crippen molar-refractivity contribution in [3.05, 3.63) is 41.2 Å². The summed E-state index contributed by atoms with van der Waals surface area (Å²) in [7, 11) is -0.673. The van der Waals surface area contributed by atoms with Crippen molar-refractivity contribution in [3.8, 4) is 0 Å². The smallest absolute Gasteiger partial charge is 0.275 e. The number of hydrogen-bond donors (Lipinski definition) is 1. The molecule has 1 atom stereocenters. The van der Waals surface area contributed by atoms with Gasteiger partial charge in [-0.15, -0.1) is 0 Å². The molecule has 0 saturated carbocycles. The Bertz CT molecular complexity index is 927. The van der Waals surface area contributed by atoms with Gasteiger partial charge in [0.15, 0.2) is 0 Å². The van der Waals surface area contributed by atoms with Crippen LogP contribution in [-0.2, 0) is 21.4 Å². The first-order valence-corrected chi connectivity index (χ1v) is 10.7. The van der Waals surface area contributed by atoms with E-state index in [1.165, 1.54) is 26.4 Å². The number of hydrogen-bond acceptors (Lipinski definition) is 6. The number of pyridine rings is 1. The summed E-state index contributed by atoms with van der Waals surface area (Å²) in [4.78, 5) is 18.7. The number of anilines is 1. The Hall–Kier alpha value is -1.94. The molecule has 0 bridgehead atoms. The quantitative estimate of drug-likeness (QED) is 0.762. The molecular weight excluding hydrogens is 404 g/mol. The zero-order valence-corrected chi connectivity index (χ0v) is 17.3. The van der Waals surface area contributed by atoms with Gasteiger partial charge in [0.05, 0.1) is 17.5 Å². The molecule has 3 rings (SSSR count). The van der Waals surface area contributed by atoms with Gasteiger partial charge >= 0.3 is 0 Å². The van der Waals surface area contributed by atoms with Crippen LogP contribution in [0.15, 0.2) is 40.0 Å². The van der Waals surface area contributed by atoms with Crippen LogP contribution in [0.3, 0.4) is 0 Å². The third kappa shape index (κ3) is 4.91. The number of furan rings is 1. The summed E-state index contributed by atoms with van der Waals surface area (Å²) >= 11 is 5.81. The normalized spacial score (nSPS) is 18.4. The first-order chi connectivity index (χ1) is 13.3. The predicted octanol–water partition coefficient (Wildman–Crippen LogP) is 2.43. The van der Waals surface area contributed by atoms with Crippen LogP contribution < -0.4 is 5.32 Å². The molecule has 0 aromatic carbocycles. The van der Waals surface area contributed by atoms with Crippen molar-refractivity contribution < 1.29 is 17.6 Å². The van der Waals surface area contributed by atoms with Crippen molar-refractivity contribution in [1.82, 2.24) is 14.2 Å². The maximum absolute atomic E-state index is 12.5. The molecule has 1 aliphatic rings. The average Bonchev–Trinajstić information content (AvgIpc) is 3.13. The van der Waals surface area contributed by atoms with Crippen LogP contribution in [0, 0.1) is 5.92 Å². The molecule has 0 spiro atoms. The molecule has 1 unspecified atom stereocenters. The summed E-state index contributed by atoms with van der Waals surface area (Å²) in [5, 5.41) is 3.25. The molecular formula is C18H23ClN4O4S. The van der Waals surface area contributed by atoms with Gasteiger partial charge in [0, 0.05) is 26.8 Å². The van der Waals surface area contributed by atoms with Gasteiger partial charge in [-0.2, -0.15) is 0 Å². The molecule has 28 heavy (non-hydrogen) atoms. The first kappa shape index (κ1) is 20.8. The van der Waals surface area contributed by atoms with E-state index >= 15 is 0 Å². The van der Waals surface area contributed by atoms with Crippen molar-refractivity contribution in [2.45, 2.75) is 24.5 Å². The monoisotopic (exact) mass is 426 g/mol. The Morgan fingerprint density at radius 1 is 1.36 bits per heavy atom.